The SMILES string of the molecule is CC(C)CCN1CCN(Cc2cccs2)C[C@@H]1CCO. The van der Waals surface area contributed by atoms with Gasteiger partial charge in [-0.2, -0.15) is 0 Å². The first-order chi connectivity index (χ1) is 9.69. The predicted molar refractivity (Wildman–Crippen MR) is 86.1 cm³/mol. The van der Waals surface area contributed by atoms with Crippen LogP contribution in [0.2, 0.25) is 0 Å². The Kier molecular flexibility index (Phi) is 6.49. The number of nitrogens with zero attached hydrogens (tertiary/aromatic N) is 2. The maximum absolute atomic E-state index is 9.31. The van der Waals surface area contributed by atoms with Gasteiger partial charge in [0.2, 0.25) is 0 Å². The molecule has 0 amide bonds. The van der Waals surface area contributed by atoms with Gasteiger partial charge in [-0.3, -0.25) is 9.80 Å². The van der Waals surface area contributed by atoms with Crippen molar-refractivity contribution in [1.29, 1.82) is 0 Å². The van der Waals surface area contributed by atoms with Crippen LogP contribution in [0, 0.1) is 5.92 Å². The average Bonchev–Trinajstić information content (AvgIpc) is 2.91. The van der Waals surface area contributed by atoms with E-state index in [0.29, 0.717) is 12.6 Å². The topological polar surface area (TPSA) is 26.7 Å². The lowest BCUT2D eigenvalue weighted by Crippen LogP contribution is -2.53. The lowest BCUT2D eigenvalue weighted by atomic mass is 10.1. The van der Waals surface area contributed by atoms with Gasteiger partial charge < -0.3 is 5.11 Å². The first-order valence-corrected chi connectivity index (χ1v) is 8.66. The van der Waals surface area contributed by atoms with Crippen molar-refractivity contribution in [3.63, 3.8) is 0 Å². The molecular weight excluding hydrogens is 268 g/mol. The Hall–Kier alpha value is -0.420. The van der Waals surface area contributed by atoms with Crippen molar-refractivity contribution in [2.24, 2.45) is 5.92 Å². The van der Waals surface area contributed by atoms with Crippen molar-refractivity contribution in [3.8, 4) is 0 Å². The summed E-state index contributed by atoms with van der Waals surface area (Å²) in [5, 5.41) is 11.5. The van der Waals surface area contributed by atoms with Crippen molar-refractivity contribution < 1.29 is 5.11 Å². The molecule has 2 heterocycles. The Morgan fingerprint density at radius 2 is 2.25 bits per heavy atom. The van der Waals surface area contributed by atoms with Gasteiger partial charge in [0.15, 0.2) is 0 Å². The van der Waals surface area contributed by atoms with E-state index in [2.05, 4.69) is 41.2 Å². The molecule has 0 radical (unpaired) electrons. The van der Waals surface area contributed by atoms with Gasteiger partial charge in [0.25, 0.3) is 0 Å². The second-order valence-electron chi connectivity index (χ2n) is 6.20. The first-order valence-electron chi connectivity index (χ1n) is 7.78. The standard InChI is InChI=1S/C16H28N2OS/c1-14(2)5-7-18-9-8-17(12-15(18)6-10-19)13-16-4-3-11-20-16/h3-4,11,14-15,19H,5-10,12-13H2,1-2H3/t15-/m0/s1. The molecule has 0 aromatic carbocycles. The number of aliphatic hydroxyl groups is 1. The van der Waals surface area contributed by atoms with Crippen LogP contribution in [0.5, 0.6) is 0 Å². The highest BCUT2D eigenvalue weighted by molar-refractivity contribution is 7.09. The fourth-order valence-electron chi connectivity index (χ4n) is 2.87. The lowest BCUT2D eigenvalue weighted by molar-refractivity contribution is 0.0529. The van der Waals surface area contributed by atoms with Gasteiger partial charge >= 0.3 is 0 Å². The Morgan fingerprint density at radius 1 is 1.40 bits per heavy atom. The van der Waals surface area contributed by atoms with Crippen LogP contribution in [0.15, 0.2) is 17.5 Å². The van der Waals surface area contributed by atoms with E-state index in [4.69, 9.17) is 0 Å². The highest BCUT2D eigenvalue weighted by Gasteiger charge is 2.26. The summed E-state index contributed by atoms with van der Waals surface area (Å²) >= 11 is 1.84. The van der Waals surface area contributed by atoms with Crippen LogP contribution in [-0.2, 0) is 6.54 Å². The molecular formula is C16H28N2OS. The summed E-state index contributed by atoms with van der Waals surface area (Å²) < 4.78 is 0. The highest BCUT2D eigenvalue weighted by Crippen LogP contribution is 2.18. The Labute approximate surface area is 127 Å². The van der Waals surface area contributed by atoms with Gasteiger partial charge in [0.1, 0.15) is 0 Å². The molecule has 1 aliphatic rings. The van der Waals surface area contributed by atoms with E-state index in [9.17, 15) is 5.11 Å². The highest BCUT2D eigenvalue weighted by atomic mass is 32.1. The fraction of sp³-hybridized carbons (Fsp3) is 0.750. The molecule has 1 saturated heterocycles. The van der Waals surface area contributed by atoms with E-state index in [1.54, 1.807) is 0 Å². The third-order valence-electron chi connectivity index (χ3n) is 4.10. The minimum atomic E-state index is 0.301. The zero-order chi connectivity index (χ0) is 14.4. The summed E-state index contributed by atoms with van der Waals surface area (Å²) in [6.45, 7) is 10.5. The van der Waals surface area contributed by atoms with Crippen LogP contribution in [-0.4, -0.2) is 53.7 Å². The lowest BCUT2D eigenvalue weighted by Gasteiger charge is -2.41. The van der Waals surface area contributed by atoms with E-state index in [-0.39, 0.29) is 0 Å². The van der Waals surface area contributed by atoms with Crippen LogP contribution < -0.4 is 0 Å². The maximum atomic E-state index is 9.31. The summed E-state index contributed by atoms with van der Waals surface area (Å²) in [6, 6.07) is 4.87. The summed E-state index contributed by atoms with van der Waals surface area (Å²) in [5.74, 6) is 0.758. The van der Waals surface area contributed by atoms with Crippen molar-refractivity contribution in [1.82, 2.24) is 9.80 Å². The molecule has 114 valence electrons. The van der Waals surface area contributed by atoms with E-state index in [1.807, 2.05) is 11.3 Å². The molecule has 0 aliphatic carbocycles. The first kappa shape index (κ1) is 16.0. The zero-order valence-electron chi connectivity index (χ0n) is 12.8. The van der Waals surface area contributed by atoms with E-state index >= 15 is 0 Å². The number of aliphatic hydroxyl groups excluding tert-OH is 1. The molecule has 0 unspecified atom stereocenters. The normalized spacial score (nSPS) is 21.7. The molecule has 1 aromatic heterocycles. The Bertz CT molecular complexity index is 367. The monoisotopic (exact) mass is 296 g/mol. The molecule has 0 bridgehead atoms. The predicted octanol–water partition coefficient (Wildman–Crippen LogP) is 2.66. The van der Waals surface area contributed by atoms with Gasteiger partial charge in [0.05, 0.1) is 0 Å². The second-order valence-corrected chi connectivity index (χ2v) is 7.23. The van der Waals surface area contributed by atoms with Crippen LogP contribution in [0.25, 0.3) is 0 Å². The average molecular weight is 296 g/mol. The molecule has 20 heavy (non-hydrogen) atoms. The Balaban J connectivity index is 1.86. The van der Waals surface area contributed by atoms with E-state index in [0.717, 1.165) is 38.5 Å². The number of hydrogen-bond acceptors (Lipinski definition) is 4. The molecule has 1 fully saturated rings. The molecule has 0 saturated carbocycles. The third-order valence-corrected chi connectivity index (χ3v) is 4.97. The molecule has 2 rings (SSSR count). The molecule has 1 atom stereocenters. The number of hydrogen-bond donors (Lipinski definition) is 1. The maximum Gasteiger partial charge on any atom is 0.0446 e. The quantitative estimate of drug-likeness (QED) is 0.838. The fourth-order valence-corrected chi connectivity index (χ4v) is 3.61. The van der Waals surface area contributed by atoms with Crippen LogP contribution >= 0.6 is 11.3 Å². The summed E-state index contributed by atoms with van der Waals surface area (Å²) in [5.41, 5.74) is 0. The van der Waals surface area contributed by atoms with Crippen LogP contribution in [0.3, 0.4) is 0 Å². The van der Waals surface area contributed by atoms with Gasteiger partial charge in [-0.25, -0.2) is 0 Å². The molecule has 1 N–H and O–H groups in total. The number of rotatable bonds is 7. The zero-order valence-corrected chi connectivity index (χ0v) is 13.6. The number of piperazine rings is 1. The van der Waals surface area contributed by atoms with Crippen molar-refractivity contribution in [3.05, 3.63) is 22.4 Å². The number of thiophene rings is 1. The molecule has 1 aromatic rings. The molecule has 4 heteroatoms. The van der Waals surface area contributed by atoms with E-state index in [1.165, 1.54) is 17.8 Å². The van der Waals surface area contributed by atoms with Crippen molar-refractivity contribution >= 4 is 11.3 Å². The van der Waals surface area contributed by atoms with Crippen LogP contribution in [0.4, 0.5) is 0 Å². The second kappa shape index (κ2) is 8.13. The van der Waals surface area contributed by atoms with Gasteiger partial charge in [-0.15, -0.1) is 11.3 Å². The smallest absolute Gasteiger partial charge is 0.0446 e. The third kappa shape index (κ3) is 4.85. The Morgan fingerprint density at radius 3 is 2.90 bits per heavy atom. The summed E-state index contributed by atoms with van der Waals surface area (Å²) in [6.07, 6.45) is 2.16. The van der Waals surface area contributed by atoms with Crippen molar-refractivity contribution in [2.45, 2.75) is 39.3 Å². The van der Waals surface area contributed by atoms with Crippen molar-refractivity contribution in [2.75, 3.05) is 32.8 Å². The minimum Gasteiger partial charge on any atom is -0.396 e. The molecule has 3 nitrogen and oxygen atoms in total. The largest absolute Gasteiger partial charge is 0.396 e. The summed E-state index contributed by atoms with van der Waals surface area (Å²) in [4.78, 5) is 6.57. The summed E-state index contributed by atoms with van der Waals surface area (Å²) in [7, 11) is 0. The van der Waals surface area contributed by atoms with E-state index < -0.39 is 0 Å². The van der Waals surface area contributed by atoms with Gasteiger partial charge in [-0.1, -0.05) is 19.9 Å². The minimum absolute atomic E-state index is 0.301. The van der Waals surface area contributed by atoms with Gasteiger partial charge in [0, 0.05) is 43.7 Å². The molecule has 1 aliphatic heterocycles. The van der Waals surface area contributed by atoms with Crippen LogP contribution in [0.1, 0.15) is 31.6 Å². The van der Waals surface area contributed by atoms with Gasteiger partial charge in [-0.05, 0) is 36.8 Å². The molecule has 0 spiro atoms.